The van der Waals surface area contributed by atoms with Gasteiger partial charge in [0.2, 0.25) is 5.78 Å². The summed E-state index contributed by atoms with van der Waals surface area (Å²) in [6.07, 6.45) is 0.506. The molecular formula is C24H23NO7. The number of imide groups is 1. The van der Waals surface area contributed by atoms with E-state index in [0.717, 1.165) is 17.7 Å². The number of carbonyl (C=O) groups excluding carboxylic acids is 4. The number of Topliss-reactive ketones (excluding diaryl/α,β-unsaturated/α-hetero) is 1. The summed E-state index contributed by atoms with van der Waals surface area (Å²) in [5.74, 6) is -1.37. The lowest BCUT2D eigenvalue weighted by atomic mass is 10.1. The summed E-state index contributed by atoms with van der Waals surface area (Å²) in [6, 6.07) is 10.7. The van der Waals surface area contributed by atoms with Gasteiger partial charge < -0.3 is 14.2 Å². The molecule has 0 aromatic heterocycles. The summed E-state index contributed by atoms with van der Waals surface area (Å²) in [4.78, 5) is 51.7. The Kier molecular flexibility index (Phi) is 6.05. The normalized spacial score (nSPS) is 18.4. The average Bonchev–Trinajstić information content (AvgIpc) is 3.41. The van der Waals surface area contributed by atoms with Crippen molar-refractivity contribution >= 4 is 23.6 Å². The van der Waals surface area contributed by atoms with Gasteiger partial charge in [0.15, 0.2) is 6.10 Å². The van der Waals surface area contributed by atoms with Gasteiger partial charge in [-0.3, -0.25) is 19.3 Å². The first-order valence-corrected chi connectivity index (χ1v) is 10.4. The predicted molar refractivity (Wildman–Crippen MR) is 113 cm³/mol. The number of benzene rings is 2. The number of hydrogen-bond acceptors (Lipinski definition) is 7. The Bertz CT molecular complexity index is 1070. The van der Waals surface area contributed by atoms with E-state index in [1.54, 1.807) is 24.3 Å². The second kappa shape index (κ2) is 8.92. The number of fused-ring (bicyclic) bond motifs is 1. The SMILES string of the molecule is COc1ccc(C(=O)C(C)OC(=O)c2ccc3c(c2)C(=O)N(CC2CCCO2)C3=O)cc1. The fraction of sp³-hybridized carbons (Fsp3) is 0.333. The van der Waals surface area contributed by atoms with Crippen LogP contribution >= 0.6 is 0 Å². The Hall–Kier alpha value is -3.52. The van der Waals surface area contributed by atoms with Gasteiger partial charge in [0.1, 0.15) is 5.75 Å². The molecule has 0 spiro atoms. The molecule has 2 unspecified atom stereocenters. The monoisotopic (exact) mass is 437 g/mol. The Morgan fingerprint density at radius 1 is 1.06 bits per heavy atom. The van der Waals surface area contributed by atoms with Gasteiger partial charge in [-0.15, -0.1) is 0 Å². The maximum absolute atomic E-state index is 12.8. The lowest BCUT2D eigenvalue weighted by Crippen LogP contribution is -2.36. The molecule has 4 rings (SSSR count). The molecule has 0 bridgehead atoms. The summed E-state index contributed by atoms with van der Waals surface area (Å²) in [6.45, 7) is 2.30. The highest BCUT2D eigenvalue weighted by Crippen LogP contribution is 2.26. The summed E-state index contributed by atoms with van der Waals surface area (Å²) < 4.78 is 15.9. The van der Waals surface area contributed by atoms with Gasteiger partial charge in [0.25, 0.3) is 11.8 Å². The molecule has 0 saturated carbocycles. The maximum Gasteiger partial charge on any atom is 0.338 e. The van der Waals surface area contributed by atoms with E-state index in [1.165, 1.54) is 32.2 Å². The molecule has 8 nitrogen and oxygen atoms in total. The van der Waals surface area contributed by atoms with Crippen LogP contribution in [0.25, 0.3) is 0 Å². The van der Waals surface area contributed by atoms with Crippen molar-refractivity contribution in [3.8, 4) is 5.75 Å². The van der Waals surface area contributed by atoms with Crippen molar-refractivity contribution in [3.63, 3.8) is 0 Å². The van der Waals surface area contributed by atoms with Gasteiger partial charge in [0, 0.05) is 12.2 Å². The number of hydrogen-bond donors (Lipinski definition) is 0. The van der Waals surface area contributed by atoms with Crippen LogP contribution in [0.4, 0.5) is 0 Å². The predicted octanol–water partition coefficient (Wildman–Crippen LogP) is 2.90. The molecule has 2 atom stereocenters. The third-order valence-electron chi connectivity index (χ3n) is 5.64. The standard InChI is InChI=1S/C24H23NO7/c1-14(21(26)15-5-8-17(30-2)9-6-15)32-24(29)16-7-10-19-20(12-16)23(28)25(22(19)27)13-18-4-3-11-31-18/h5-10,12,14,18H,3-4,11,13H2,1-2H3. The van der Waals surface area contributed by atoms with Crippen molar-refractivity contribution in [2.75, 3.05) is 20.3 Å². The third-order valence-corrected chi connectivity index (χ3v) is 5.64. The van der Waals surface area contributed by atoms with Crippen molar-refractivity contribution in [2.45, 2.75) is 32.0 Å². The van der Waals surface area contributed by atoms with Crippen molar-refractivity contribution in [3.05, 3.63) is 64.7 Å². The number of methoxy groups -OCH3 is 1. The molecule has 2 aromatic rings. The van der Waals surface area contributed by atoms with Crippen molar-refractivity contribution < 1.29 is 33.4 Å². The Balaban J connectivity index is 1.45. The number of esters is 1. The maximum atomic E-state index is 12.8. The average molecular weight is 437 g/mol. The van der Waals surface area contributed by atoms with E-state index in [0.29, 0.717) is 17.9 Å². The molecule has 0 radical (unpaired) electrons. The lowest BCUT2D eigenvalue weighted by molar-refractivity contribution is 0.0318. The van der Waals surface area contributed by atoms with Crippen LogP contribution in [0.15, 0.2) is 42.5 Å². The Morgan fingerprint density at radius 3 is 2.41 bits per heavy atom. The lowest BCUT2D eigenvalue weighted by Gasteiger charge is -2.17. The van der Waals surface area contributed by atoms with Crippen LogP contribution < -0.4 is 4.74 Å². The minimum absolute atomic E-state index is 0.0956. The fourth-order valence-electron chi connectivity index (χ4n) is 3.85. The van der Waals surface area contributed by atoms with Crippen LogP contribution in [0.1, 0.15) is 61.2 Å². The van der Waals surface area contributed by atoms with E-state index in [2.05, 4.69) is 0 Å². The van der Waals surface area contributed by atoms with Gasteiger partial charge in [-0.2, -0.15) is 0 Å². The van der Waals surface area contributed by atoms with Gasteiger partial charge in [-0.25, -0.2) is 4.79 Å². The molecule has 2 aliphatic rings. The molecular weight excluding hydrogens is 414 g/mol. The fourth-order valence-corrected chi connectivity index (χ4v) is 3.85. The minimum atomic E-state index is -1.03. The van der Waals surface area contributed by atoms with Crippen molar-refractivity contribution in [1.82, 2.24) is 4.90 Å². The highest BCUT2D eigenvalue weighted by molar-refractivity contribution is 6.22. The topological polar surface area (TPSA) is 99.2 Å². The molecule has 8 heteroatoms. The number of ether oxygens (including phenoxy) is 3. The van der Waals surface area contributed by atoms with Gasteiger partial charge in [-0.05, 0) is 62.2 Å². The molecule has 32 heavy (non-hydrogen) atoms. The molecule has 2 amide bonds. The smallest absolute Gasteiger partial charge is 0.338 e. The number of amides is 2. The van der Waals surface area contributed by atoms with E-state index < -0.39 is 23.9 Å². The molecule has 166 valence electrons. The van der Waals surface area contributed by atoms with Crippen LogP contribution in [0, 0.1) is 0 Å². The van der Waals surface area contributed by atoms with Gasteiger partial charge in [-0.1, -0.05) is 0 Å². The van der Waals surface area contributed by atoms with E-state index >= 15 is 0 Å². The Labute approximate surface area is 185 Å². The van der Waals surface area contributed by atoms with E-state index in [1.807, 2.05) is 0 Å². The largest absolute Gasteiger partial charge is 0.497 e. The van der Waals surface area contributed by atoms with Crippen LogP contribution in [0.2, 0.25) is 0 Å². The molecule has 1 saturated heterocycles. The number of rotatable bonds is 7. The molecule has 2 aliphatic heterocycles. The van der Waals surface area contributed by atoms with E-state index in [4.69, 9.17) is 14.2 Å². The number of ketones is 1. The zero-order valence-corrected chi connectivity index (χ0v) is 17.8. The van der Waals surface area contributed by atoms with Crippen molar-refractivity contribution in [1.29, 1.82) is 0 Å². The van der Waals surface area contributed by atoms with Crippen LogP contribution in [0.3, 0.4) is 0 Å². The zero-order chi connectivity index (χ0) is 22.8. The number of carbonyl (C=O) groups is 4. The molecule has 2 heterocycles. The van der Waals surface area contributed by atoms with Crippen LogP contribution in [-0.2, 0) is 9.47 Å². The van der Waals surface area contributed by atoms with Crippen LogP contribution in [0.5, 0.6) is 5.75 Å². The molecule has 0 N–H and O–H groups in total. The van der Waals surface area contributed by atoms with Gasteiger partial charge >= 0.3 is 5.97 Å². The second-order valence-corrected chi connectivity index (χ2v) is 7.76. The summed E-state index contributed by atoms with van der Waals surface area (Å²) in [5, 5.41) is 0. The summed E-state index contributed by atoms with van der Waals surface area (Å²) in [7, 11) is 1.53. The minimum Gasteiger partial charge on any atom is -0.497 e. The molecule has 1 fully saturated rings. The number of nitrogens with zero attached hydrogens (tertiary/aromatic N) is 1. The molecule has 0 aliphatic carbocycles. The molecule has 2 aromatic carbocycles. The van der Waals surface area contributed by atoms with Gasteiger partial charge in [0.05, 0.1) is 36.4 Å². The summed E-state index contributed by atoms with van der Waals surface area (Å²) >= 11 is 0. The third kappa shape index (κ3) is 4.13. The van der Waals surface area contributed by atoms with Crippen molar-refractivity contribution in [2.24, 2.45) is 0 Å². The summed E-state index contributed by atoms with van der Waals surface area (Å²) in [5.41, 5.74) is 0.868. The second-order valence-electron chi connectivity index (χ2n) is 7.76. The highest BCUT2D eigenvalue weighted by atomic mass is 16.5. The van der Waals surface area contributed by atoms with E-state index in [-0.39, 0.29) is 35.1 Å². The first-order chi connectivity index (χ1) is 15.4. The van der Waals surface area contributed by atoms with E-state index in [9.17, 15) is 19.2 Å². The first-order valence-electron chi connectivity index (χ1n) is 10.4. The Morgan fingerprint density at radius 2 is 1.75 bits per heavy atom. The first kappa shape index (κ1) is 21.7. The van der Waals surface area contributed by atoms with Crippen LogP contribution in [-0.4, -0.2) is 60.9 Å². The highest BCUT2D eigenvalue weighted by Gasteiger charge is 2.38. The quantitative estimate of drug-likeness (QED) is 0.373. The zero-order valence-electron chi connectivity index (χ0n) is 17.8.